The zero-order chi connectivity index (χ0) is 13.8. The van der Waals surface area contributed by atoms with Crippen molar-refractivity contribution in [2.75, 3.05) is 26.7 Å². The summed E-state index contributed by atoms with van der Waals surface area (Å²) in [6, 6.07) is 10.2. The first-order valence-corrected chi connectivity index (χ1v) is 6.81. The zero-order valence-corrected chi connectivity index (χ0v) is 11.6. The second kappa shape index (κ2) is 6.17. The van der Waals surface area contributed by atoms with Crippen molar-refractivity contribution in [3.8, 4) is 0 Å². The van der Waals surface area contributed by atoms with Crippen LogP contribution in [0.3, 0.4) is 0 Å². The second-order valence-electron chi connectivity index (χ2n) is 5.11. The number of benzene rings is 1. The maximum atomic E-state index is 12.2. The van der Waals surface area contributed by atoms with Crippen LogP contribution in [0.4, 0.5) is 0 Å². The molecule has 0 saturated carbocycles. The van der Waals surface area contributed by atoms with Crippen molar-refractivity contribution in [1.29, 1.82) is 0 Å². The molecule has 4 nitrogen and oxygen atoms in total. The summed E-state index contributed by atoms with van der Waals surface area (Å²) in [5.74, 6) is 0.114. The SMILES string of the molecule is CC(c1ccccc1)N1CCN(C)C(=O)C1CCO. The summed E-state index contributed by atoms with van der Waals surface area (Å²) in [4.78, 5) is 16.2. The van der Waals surface area contributed by atoms with Crippen LogP contribution >= 0.6 is 0 Å². The number of carbonyl (C=O) groups excluding carboxylic acids is 1. The lowest BCUT2D eigenvalue weighted by Crippen LogP contribution is -2.56. The van der Waals surface area contributed by atoms with E-state index >= 15 is 0 Å². The van der Waals surface area contributed by atoms with Gasteiger partial charge in [-0.2, -0.15) is 0 Å². The van der Waals surface area contributed by atoms with Gasteiger partial charge in [-0.1, -0.05) is 30.3 Å². The Bertz CT molecular complexity index is 421. The van der Waals surface area contributed by atoms with Crippen molar-refractivity contribution in [2.24, 2.45) is 0 Å². The predicted molar refractivity (Wildman–Crippen MR) is 74.7 cm³/mol. The van der Waals surface area contributed by atoms with Gasteiger partial charge in [0.1, 0.15) is 0 Å². The van der Waals surface area contributed by atoms with Gasteiger partial charge in [0, 0.05) is 32.8 Å². The minimum absolute atomic E-state index is 0.0439. The molecule has 1 N–H and O–H groups in total. The highest BCUT2D eigenvalue weighted by molar-refractivity contribution is 5.82. The second-order valence-corrected chi connectivity index (χ2v) is 5.11. The normalized spacial score (nSPS) is 22.6. The van der Waals surface area contributed by atoms with Crippen molar-refractivity contribution >= 4 is 5.91 Å². The van der Waals surface area contributed by atoms with E-state index in [9.17, 15) is 9.90 Å². The van der Waals surface area contributed by atoms with Crippen molar-refractivity contribution in [2.45, 2.75) is 25.4 Å². The number of likely N-dealkylation sites (N-methyl/N-ethyl adjacent to an activating group) is 1. The van der Waals surface area contributed by atoms with Crippen LogP contribution in [-0.2, 0) is 4.79 Å². The Morgan fingerprint density at radius 2 is 2.00 bits per heavy atom. The molecule has 2 unspecified atom stereocenters. The van der Waals surface area contributed by atoms with Gasteiger partial charge in [-0.05, 0) is 18.9 Å². The summed E-state index contributed by atoms with van der Waals surface area (Å²) in [6.07, 6.45) is 0.500. The van der Waals surface area contributed by atoms with Gasteiger partial charge in [0.05, 0.1) is 6.04 Å². The van der Waals surface area contributed by atoms with E-state index in [2.05, 4.69) is 24.0 Å². The fraction of sp³-hybridized carbons (Fsp3) is 0.533. The van der Waals surface area contributed by atoms with E-state index in [1.54, 1.807) is 4.90 Å². The summed E-state index contributed by atoms with van der Waals surface area (Å²) in [5.41, 5.74) is 1.21. The lowest BCUT2D eigenvalue weighted by molar-refractivity contribution is -0.142. The fourth-order valence-electron chi connectivity index (χ4n) is 2.73. The van der Waals surface area contributed by atoms with Crippen LogP contribution in [0, 0.1) is 0 Å². The molecule has 1 heterocycles. The molecule has 2 rings (SSSR count). The summed E-state index contributed by atoms with van der Waals surface area (Å²) in [6.45, 7) is 3.77. The third-order valence-electron chi connectivity index (χ3n) is 3.94. The number of aliphatic hydroxyl groups is 1. The Kier molecular flexibility index (Phi) is 4.56. The third kappa shape index (κ3) is 2.96. The average Bonchev–Trinajstić information content (AvgIpc) is 2.44. The first-order chi connectivity index (χ1) is 9.15. The molecule has 1 fully saturated rings. The molecule has 1 aliphatic rings. The maximum absolute atomic E-state index is 12.2. The van der Waals surface area contributed by atoms with Crippen LogP contribution < -0.4 is 0 Å². The highest BCUT2D eigenvalue weighted by Crippen LogP contribution is 2.26. The molecule has 4 heteroatoms. The Morgan fingerprint density at radius 3 is 2.63 bits per heavy atom. The molecule has 1 saturated heterocycles. The van der Waals surface area contributed by atoms with Crippen molar-refractivity contribution in [3.05, 3.63) is 35.9 Å². The van der Waals surface area contributed by atoms with Crippen LogP contribution in [-0.4, -0.2) is 53.6 Å². The topological polar surface area (TPSA) is 43.8 Å². The highest BCUT2D eigenvalue weighted by Gasteiger charge is 2.35. The van der Waals surface area contributed by atoms with E-state index in [1.165, 1.54) is 5.56 Å². The molecule has 0 radical (unpaired) electrons. The molecule has 1 aliphatic heterocycles. The molecule has 1 amide bonds. The molecule has 1 aromatic rings. The minimum atomic E-state index is -0.209. The van der Waals surface area contributed by atoms with Gasteiger partial charge >= 0.3 is 0 Å². The van der Waals surface area contributed by atoms with Gasteiger partial charge in [-0.3, -0.25) is 9.69 Å². The van der Waals surface area contributed by atoms with Crippen molar-refractivity contribution in [1.82, 2.24) is 9.80 Å². The average molecular weight is 262 g/mol. The van der Waals surface area contributed by atoms with E-state index in [0.29, 0.717) is 6.42 Å². The number of amides is 1. The van der Waals surface area contributed by atoms with E-state index in [4.69, 9.17) is 0 Å². The summed E-state index contributed by atoms with van der Waals surface area (Å²) in [7, 11) is 1.83. The lowest BCUT2D eigenvalue weighted by Gasteiger charge is -2.42. The first kappa shape index (κ1) is 14.0. The molecule has 2 atom stereocenters. The Labute approximate surface area is 114 Å². The van der Waals surface area contributed by atoms with Gasteiger partial charge in [-0.15, -0.1) is 0 Å². The molecule has 0 spiro atoms. The van der Waals surface area contributed by atoms with Gasteiger partial charge in [-0.25, -0.2) is 0 Å². The fourth-order valence-corrected chi connectivity index (χ4v) is 2.73. The van der Waals surface area contributed by atoms with Gasteiger partial charge < -0.3 is 10.0 Å². The summed E-state index contributed by atoms with van der Waals surface area (Å²) < 4.78 is 0. The largest absolute Gasteiger partial charge is 0.396 e. The van der Waals surface area contributed by atoms with Crippen LogP contribution in [0.5, 0.6) is 0 Å². The standard InChI is InChI=1S/C15H22N2O2/c1-12(13-6-4-3-5-7-13)17-10-9-16(2)15(19)14(17)8-11-18/h3-7,12,14,18H,8-11H2,1-2H3. The predicted octanol–water partition coefficient (Wildman–Crippen LogP) is 1.27. The number of nitrogens with zero attached hydrogens (tertiary/aromatic N) is 2. The Hall–Kier alpha value is -1.39. The van der Waals surface area contributed by atoms with E-state index < -0.39 is 0 Å². The van der Waals surface area contributed by atoms with Crippen LogP contribution in [0.1, 0.15) is 24.9 Å². The smallest absolute Gasteiger partial charge is 0.239 e. The van der Waals surface area contributed by atoms with Crippen molar-refractivity contribution in [3.63, 3.8) is 0 Å². The highest BCUT2D eigenvalue weighted by atomic mass is 16.3. The molecule has 1 aromatic carbocycles. The Morgan fingerprint density at radius 1 is 1.32 bits per heavy atom. The lowest BCUT2D eigenvalue weighted by atomic mass is 10.0. The van der Waals surface area contributed by atoms with Gasteiger partial charge in [0.25, 0.3) is 0 Å². The number of rotatable bonds is 4. The molecular formula is C15H22N2O2. The van der Waals surface area contributed by atoms with Gasteiger partial charge in [0.15, 0.2) is 0 Å². The van der Waals surface area contributed by atoms with E-state index in [0.717, 1.165) is 13.1 Å². The number of piperazine rings is 1. The molecule has 19 heavy (non-hydrogen) atoms. The number of hydrogen-bond acceptors (Lipinski definition) is 3. The zero-order valence-electron chi connectivity index (χ0n) is 11.6. The first-order valence-electron chi connectivity index (χ1n) is 6.81. The molecule has 0 aliphatic carbocycles. The minimum Gasteiger partial charge on any atom is -0.396 e. The van der Waals surface area contributed by atoms with E-state index in [-0.39, 0.29) is 24.6 Å². The summed E-state index contributed by atoms with van der Waals surface area (Å²) >= 11 is 0. The van der Waals surface area contributed by atoms with Crippen LogP contribution in [0.25, 0.3) is 0 Å². The molecule has 104 valence electrons. The number of aliphatic hydroxyl groups excluding tert-OH is 1. The third-order valence-corrected chi connectivity index (χ3v) is 3.94. The van der Waals surface area contributed by atoms with Crippen LogP contribution in [0.2, 0.25) is 0 Å². The monoisotopic (exact) mass is 262 g/mol. The quantitative estimate of drug-likeness (QED) is 0.889. The molecular weight excluding hydrogens is 240 g/mol. The summed E-state index contributed by atoms with van der Waals surface area (Å²) in [5, 5.41) is 9.20. The number of carbonyl (C=O) groups is 1. The number of hydrogen-bond donors (Lipinski definition) is 1. The van der Waals surface area contributed by atoms with Gasteiger partial charge in [0.2, 0.25) is 5.91 Å². The van der Waals surface area contributed by atoms with E-state index in [1.807, 2.05) is 25.2 Å². The van der Waals surface area contributed by atoms with Crippen molar-refractivity contribution < 1.29 is 9.90 Å². The Balaban J connectivity index is 2.19. The maximum Gasteiger partial charge on any atom is 0.239 e. The molecule has 0 bridgehead atoms. The molecule has 0 aromatic heterocycles. The van der Waals surface area contributed by atoms with Crippen LogP contribution in [0.15, 0.2) is 30.3 Å².